The normalized spacial score (nSPS) is 12.0. The molecule has 10 aromatic rings. The topological polar surface area (TPSA) is 64.5 Å². The molecule has 0 bridgehead atoms. The molecule has 0 saturated heterocycles. The smallest absolute Gasteiger partial charge is 0.226 e. The zero-order valence-electron chi connectivity index (χ0n) is 28.0. The van der Waals surface area contributed by atoms with E-state index in [2.05, 4.69) is 24.3 Å². The van der Waals surface area contributed by atoms with E-state index in [4.69, 9.17) is 24.9 Å². The van der Waals surface area contributed by atoms with Crippen LogP contribution < -0.4 is 0 Å². The number of hydrogen-bond acceptors (Lipinski definition) is 7. The lowest BCUT2D eigenvalue weighted by Crippen LogP contribution is -2.04. The lowest BCUT2D eigenvalue weighted by molar-refractivity contribution is -0.137. The van der Waals surface area contributed by atoms with Crippen molar-refractivity contribution in [2.24, 2.45) is 0 Å². The first kappa shape index (κ1) is 32.3. The molecule has 10 heteroatoms. The molecule has 54 heavy (non-hydrogen) atoms. The first-order valence-electron chi connectivity index (χ1n) is 17.1. The zero-order valence-corrected chi connectivity index (χ0v) is 29.7. The fraction of sp³-hybridized carbons (Fsp3) is 0.0227. The van der Waals surface area contributed by atoms with Gasteiger partial charge < -0.3 is 0 Å². The minimum absolute atomic E-state index is 0.498. The van der Waals surface area contributed by atoms with Crippen LogP contribution in [-0.4, -0.2) is 24.9 Å². The molecule has 5 nitrogen and oxygen atoms in total. The monoisotopic (exact) mass is 743 g/mol. The van der Waals surface area contributed by atoms with Gasteiger partial charge in [-0.25, -0.2) is 24.9 Å². The van der Waals surface area contributed by atoms with E-state index < -0.39 is 11.7 Å². The summed E-state index contributed by atoms with van der Waals surface area (Å²) in [5, 5.41) is 3.06. The predicted molar refractivity (Wildman–Crippen MR) is 213 cm³/mol. The summed E-state index contributed by atoms with van der Waals surface area (Å²) >= 11 is 3.20. The van der Waals surface area contributed by atoms with Crippen LogP contribution in [0.4, 0.5) is 13.2 Å². The Hall–Kier alpha value is -6.36. The van der Waals surface area contributed by atoms with Crippen LogP contribution in [0.15, 0.2) is 146 Å². The molecule has 258 valence electrons. The predicted octanol–water partition coefficient (Wildman–Crippen LogP) is 12.8. The second-order valence-electron chi connectivity index (χ2n) is 12.8. The molecule has 10 rings (SSSR count). The summed E-state index contributed by atoms with van der Waals surface area (Å²) in [4.78, 5) is 25.0. The molecule has 0 aliphatic heterocycles. The highest BCUT2D eigenvalue weighted by molar-refractivity contribution is 7.26. The van der Waals surface area contributed by atoms with E-state index in [1.807, 2.05) is 97.1 Å². The van der Waals surface area contributed by atoms with Crippen molar-refractivity contribution >= 4 is 63.1 Å². The average molecular weight is 744 g/mol. The zero-order chi connectivity index (χ0) is 36.4. The van der Waals surface area contributed by atoms with Crippen LogP contribution >= 0.6 is 22.7 Å². The number of fused-ring (bicyclic) bond motifs is 6. The Labute approximate surface area is 314 Å². The Morgan fingerprint density at radius 2 is 1.04 bits per heavy atom. The molecular weight excluding hydrogens is 720 g/mol. The Morgan fingerprint density at radius 3 is 1.74 bits per heavy atom. The average Bonchev–Trinajstić information content (AvgIpc) is 3.79. The van der Waals surface area contributed by atoms with Gasteiger partial charge in [-0.3, -0.25) is 0 Å². The molecule has 0 radical (unpaired) electrons. The molecule has 0 aliphatic rings. The van der Waals surface area contributed by atoms with Gasteiger partial charge in [0.05, 0.1) is 21.5 Å². The first-order valence-corrected chi connectivity index (χ1v) is 18.7. The summed E-state index contributed by atoms with van der Waals surface area (Å²) in [6.45, 7) is 0. The molecule has 6 aromatic carbocycles. The van der Waals surface area contributed by atoms with Crippen molar-refractivity contribution < 1.29 is 13.2 Å². The Morgan fingerprint density at radius 1 is 0.426 bits per heavy atom. The molecule has 0 saturated carbocycles. The molecule has 4 heterocycles. The molecule has 0 N–H and O–H groups in total. The fourth-order valence-corrected chi connectivity index (χ4v) is 9.14. The molecular formula is C44H24F3N5S2. The van der Waals surface area contributed by atoms with Crippen molar-refractivity contribution in [1.82, 2.24) is 24.9 Å². The van der Waals surface area contributed by atoms with Crippen LogP contribution in [0, 0.1) is 0 Å². The summed E-state index contributed by atoms with van der Waals surface area (Å²) in [7, 11) is 0. The standard InChI is InChI=1S/C44H24F3N5S2/c45-44(46,47)29-21-18-25(19-22-29)37-39-38(31-14-7-8-16-33(31)54-39)49-42(48-37)28-20-23-30-35(24-28)53-34-17-9-15-32(36(30)34)43-51-40(26-10-3-1-4-11-26)50-41(52-43)27-12-5-2-6-13-27/h1-24H. The van der Waals surface area contributed by atoms with Gasteiger partial charge in [0.25, 0.3) is 0 Å². The number of rotatable bonds is 5. The summed E-state index contributed by atoms with van der Waals surface area (Å²) in [6.07, 6.45) is -4.43. The van der Waals surface area contributed by atoms with Crippen LogP contribution in [-0.2, 0) is 6.18 Å². The maximum absolute atomic E-state index is 13.5. The van der Waals surface area contributed by atoms with Gasteiger partial charge in [-0.15, -0.1) is 22.7 Å². The van der Waals surface area contributed by atoms with E-state index in [-0.39, 0.29) is 0 Å². The first-order chi connectivity index (χ1) is 26.4. The van der Waals surface area contributed by atoms with Gasteiger partial charge in [0, 0.05) is 58.1 Å². The molecule has 0 unspecified atom stereocenters. The van der Waals surface area contributed by atoms with Crippen LogP contribution in [0.1, 0.15) is 5.56 Å². The van der Waals surface area contributed by atoms with Crippen LogP contribution in [0.3, 0.4) is 0 Å². The summed E-state index contributed by atoms with van der Waals surface area (Å²) < 4.78 is 44.4. The van der Waals surface area contributed by atoms with Crippen LogP contribution in [0.25, 0.3) is 97.3 Å². The molecule has 0 spiro atoms. The number of alkyl halides is 3. The Kier molecular flexibility index (Phi) is 7.57. The number of benzene rings is 6. The Balaban J connectivity index is 1.14. The van der Waals surface area contributed by atoms with Gasteiger partial charge in [0.1, 0.15) is 0 Å². The third-order valence-corrected chi connectivity index (χ3v) is 11.7. The number of hydrogen-bond donors (Lipinski definition) is 0. The number of nitrogens with zero attached hydrogens (tertiary/aromatic N) is 5. The van der Waals surface area contributed by atoms with Crippen molar-refractivity contribution in [3.8, 4) is 56.8 Å². The maximum Gasteiger partial charge on any atom is 0.416 e. The molecule has 0 amide bonds. The molecule has 0 atom stereocenters. The highest BCUT2D eigenvalue weighted by Gasteiger charge is 2.30. The van der Waals surface area contributed by atoms with Crippen molar-refractivity contribution in [3.63, 3.8) is 0 Å². The van der Waals surface area contributed by atoms with E-state index in [1.165, 1.54) is 23.5 Å². The third kappa shape index (κ3) is 5.58. The van der Waals surface area contributed by atoms with Gasteiger partial charge >= 0.3 is 6.18 Å². The van der Waals surface area contributed by atoms with Gasteiger partial charge in [-0.2, -0.15) is 13.2 Å². The van der Waals surface area contributed by atoms with Crippen molar-refractivity contribution in [3.05, 3.63) is 151 Å². The van der Waals surface area contributed by atoms with Gasteiger partial charge in [-0.1, -0.05) is 115 Å². The number of thiophene rings is 2. The van der Waals surface area contributed by atoms with E-state index >= 15 is 0 Å². The van der Waals surface area contributed by atoms with Crippen LogP contribution in [0.5, 0.6) is 0 Å². The van der Waals surface area contributed by atoms with E-state index in [0.29, 0.717) is 34.6 Å². The SMILES string of the molecule is FC(F)(F)c1ccc(-c2nc(-c3ccc4c(c3)sc3cccc(-c5nc(-c6ccccc6)nc(-c6ccccc6)n5)c34)nc3c2sc2ccccc23)cc1. The lowest BCUT2D eigenvalue weighted by Gasteiger charge is -2.10. The summed E-state index contributed by atoms with van der Waals surface area (Å²) in [6, 6.07) is 45.4. The maximum atomic E-state index is 13.5. The largest absolute Gasteiger partial charge is 0.416 e. The fourth-order valence-electron chi connectivity index (χ4n) is 6.81. The van der Waals surface area contributed by atoms with E-state index in [9.17, 15) is 13.2 Å². The third-order valence-electron chi connectivity index (χ3n) is 9.40. The molecule has 0 fully saturated rings. The van der Waals surface area contributed by atoms with E-state index in [0.717, 1.165) is 74.9 Å². The van der Waals surface area contributed by atoms with Crippen LogP contribution in [0.2, 0.25) is 0 Å². The van der Waals surface area contributed by atoms with Gasteiger partial charge in [0.15, 0.2) is 23.3 Å². The van der Waals surface area contributed by atoms with Crippen molar-refractivity contribution in [1.29, 1.82) is 0 Å². The highest BCUT2D eigenvalue weighted by Crippen LogP contribution is 2.43. The second kappa shape index (κ2) is 12.6. The summed E-state index contributed by atoms with van der Waals surface area (Å²) in [5.41, 5.74) is 4.77. The van der Waals surface area contributed by atoms with Crippen molar-refractivity contribution in [2.75, 3.05) is 0 Å². The summed E-state index contributed by atoms with van der Waals surface area (Å²) in [5.74, 6) is 2.26. The highest BCUT2D eigenvalue weighted by atomic mass is 32.1. The number of aromatic nitrogens is 5. The van der Waals surface area contributed by atoms with E-state index in [1.54, 1.807) is 11.3 Å². The lowest BCUT2D eigenvalue weighted by atomic mass is 10.0. The van der Waals surface area contributed by atoms with Crippen molar-refractivity contribution in [2.45, 2.75) is 6.18 Å². The Bertz CT molecular complexity index is 2970. The minimum atomic E-state index is -4.43. The van der Waals surface area contributed by atoms with Gasteiger partial charge in [-0.05, 0) is 30.3 Å². The minimum Gasteiger partial charge on any atom is -0.226 e. The number of halogens is 3. The molecule has 4 aromatic heterocycles. The second-order valence-corrected chi connectivity index (χ2v) is 14.9. The quantitative estimate of drug-likeness (QED) is 0.176. The van der Waals surface area contributed by atoms with Gasteiger partial charge in [0.2, 0.25) is 0 Å². The molecule has 0 aliphatic carbocycles.